The molecule has 1 aliphatic heterocycles. The molecule has 1 aliphatic rings. The van der Waals surface area contributed by atoms with Crippen LogP contribution in [0.4, 0.5) is 4.79 Å². The average Bonchev–Trinajstić information content (AvgIpc) is 2.92. The Morgan fingerprint density at radius 1 is 1.18 bits per heavy atom. The van der Waals surface area contributed by atoms with Gasteiger partial charge in [0.1, 0.15) is 5.60 Å². The zero-order chi connectivity index (χ0) is 20.5. The van der Waals surface area contributed by atoms with E-state index in [4.69, 9.17) is 4.74 Å². The lowest BCUT2D eigenvalue weighted by Gasteiger charge is -2.32. The number of aryl methyl sites for hydroxylation is 2. The molecule has 2 heterocycles. The molecule has 1 saturated heterocycles. The summed E-state index contributed by atoms with van der Waals surface area (Å²) >= 11 is 0. The second kappa shape index (κ2) is 7.86. The zero-order valence-corrected chi connectivity index (χ0v) is 17.5. The second-order valence-electron chi connectivity index (χ2n) is 8.70. The molecule has 1 N–H and O–H groups in total. The number of rotatable bonds is 3. The second-order valence-corrected chi connectivity index (χ2v) is 8.70. The molecule has 6 heteroatoms. The molecule has 3 rings (SSSR count). The fourth-order valence-corrected chi connectivity index (χ4v) is 3.63. The van der Waals surface area contributed by atoms with E-state index in [1.165, 1.54) is 16.6 Å². The number of nitrogens with zero attached hydrogens (tertiary/aromatic N) is 2. The van der Waals surface area contributed by atoms with Gasteiger partial charge in [-0.3, -0.25) is 4.79 Å². The zero-order valence-electron chi connectivity index (χ0n) is 17.5. The van der Waals surface area contributed by atoms with Gasteiger partial charge in [0.05, 0.1) is 0 Å². The first-order valence-corrected chi connectivity index (χ1v) is 9.94. The average molecular weight is 386 g/mol. The third-order valence-corrected chi connectivity index (χ3v) is 5.33. The molecule has 28 heavy (non-hydrogen) atoms. The maximum atomic E-state index is 12.5. The van der Waals surface area contributed by atoms with Gasteiger partial charge >= 0.3 is 6.09 Å². The largest absolute Gasteiger partial charge is 0.444 e. The molecule has 0 radical (unpaired) electrons. The highest BCUT2D eigenvalue weighted by atomic mass is 16.6. The van der Waals surface area contributed by atoms with Crippen LogP contribution in [0.2, 0.25) is 0 Å². The number of nitrogens with one attached hydrogen (secondary N) is 1. The van der Waals surface area contributed by atoms with Gasteiger partial charge in [-0.15, -0.1) is 0 Å². The van der Waals surface area contributed by atoms with E-state index in [2.05, 4.69) is 48.1 Å². The van der Waals surface area contributed by atoms with Crippen LogP contribution in [-0.4, -0.2) is 40.2 Å². The molecule has 1 fully saturated rings. The van der Waals surface area contributed by atoms with Crippen molar-refractivity contribution in [3.05, 3.63) is 35.5 Å². The lowest BCUT2D eigenvalue weighted by Crippen LogP contribution is -2.44. The normalized spacial score (nSPS) is 15.7. The van der Waals surface area contributed by atoms with Gasteiger partial charge in [0.25, 0.3) is 0 Å². The third kappa shape index (κ3) is 4.66. The highest BCUT2D eigenvalue weighted by molar-refractivity contribution is 5.82. The first-order chi connectivity index (χ1) is 13.1. The summed E-state index contributed by atoms with van der Waals surface area (Å²) in [5.74, 6) is 0.00886. The number of piperidine rings is 1. The predicted molar refractivity (Wildman–Crippen MR) is 110 cm³/mol. The number of likely N-dealkylation sites (tertiary alicyclic amines) is 1. The van der Waals surface area contributed by atoms with Gasteiger partial charge in [-0.1, -0.05) is 6.07 Å². The minimum Gasteiger partial charge on any atom is -0.444 e. The van der Waals surface area contributed by atoms with Crippen LogP contribution in [-0.2, 0) is 23.1 Å². The van der Waals surface area contributed by atoms with Crippen LogP contribution in [0.1, 0.15) is 44.9 Å². The van der Waals surface area contributed by atoms with E-state index in [1.807, 2.05) is 20.8 Å². The highest BCUT2D eigenvalue weighted by Gasteiger charge is 2.29. The van der Waals surface area contributed by atoms with Gasteiger partial charge in [0.2, 0.25) is 5.91 Å². The summed E-state index contributed by atoms with van der Waals surface area (Å²) in [6.45, 7) is 9.31. The van der Waals surface area contributed by atoms with Crippen molar-refractivity contribution >= 4 is 22.9 Å². The first kappa shape index (κ1) is 20.2. The van der Waals surface area contributed by atoms with Gasteiger partial charge in [-0.05, 0) is 64.3 Å². The number of amides is 2. The molecule has 2 aromatic rings. The van der Waals surface area contributed by atoms with E-state index >= 15 is 0 Å². The van der Waals surface area contributed by atoms with Crippen LogP contribution in [0.3, 0.4) is 0 Å². The summed E-state index contributed by atoms with van der Waals surface area (Å²) in [5, 5.41) is 4.25. The highest BCUT2D eigenvalue weighted by Crippen LogP contribution is 2.22. The van der Waals surface area contributed by atoms with Crippen LogP contribution in [0.5, 0.6) is 0 Å². The number of hydrogen-bond donors (Lipinski definition) is 1. The van der Waals surface area contributed by atoms with E-state index in [-0.39, 0.29) is 17.9 Å². The van der Waals surface area contributed by atoms with Crippen LogP contribution >= 0.6 is 0 Å². The third-order valence-electron chi connectivity index (χ3n) is 5.33. The number of carbonyl (C=O) groups excluding carboxylic acids is 2. The van der Waals surface area contributed by atoms with Crippen LogP contribution in [0.15, 0.2) is 24.3 Å². The lowest BCUT2D eigenvalue weighted by molar-refractivity contribution is -0.126. The Bertz CT molecular complexity index is 871. The molecule has 0 aliphatic carbocycles. The number of carbonyl (C=O) groups is 2. The molecular formula is C22H31N3O3. The van der Waals surface area contributed by atoms with Crippen molar-refractivity contribution in [2.45, 2.75) is 52.7 Å². The number of ether oxygens (including phenoxy) is 1. The van der Waals surface area contributed by atoms with Crippen molar-refractivity contribution in [2.75, 3.05) is 13.1 Å². The van der Waals surface area contributed by atoms with E-state index in [0.29, 0.717) is 32.5 Å². The fraction of sp³-hybridized carbons (Fsp3) is 0.545. The molecule has 0 atom stereocenters. The van der Waals surface area contributed by atoms with Crippen LogP contribution in [0.25, 0.3) is 10.9 Å². The molecule has 0 unspecified atom stereocenters. The van der Waals surface area contributed by atoms with E-state index in [9.17, 15) is 9.59 Å². The Morgan fingerprint density at radius 2 is 1.86 bits per heavy atom. The Balaban J connectivity index is 1.50. The summed E-state index contributed by atoms with van der Waals surface area (Å²) in [6.07, 6.45) is 1.04. The minimum absolute atomic E-state index is 0.0543. The molecular weight excluding hydrogens is 354 g/mol. The standard InChI is InChI=1S/C22H31N3O3/c1-15-12-18-13-16(6-7-19(18)24(15)5)14-23-20(26)17-8-10-25(11-9-17)21(27)28-22(2,3)4/h6-7,12-13,17H,8-11,14H2,1-5H3,(H,23,26). The van der Waals surface area contributed by atoms with Gasteiger partial charge < -0.3 is 19.5 Å². The number of fused-ring (bicyclic) bond motifs is 1. The van der Waals surface area contributed by atoms with Gasteiger partial charge in [-0.2, -0.15) is 0 Å². The summed E-state index contributed by atoms with van der Waals surface area (Å²) in [4.78, 5) is 26.4. The molecule has 2 amide bonds. The van der Waals surface area contributed by atoms with E-state index in [1.54, 1.807) is 4.90 Å². The monoisotopic (exact) mass is 385 g/mol. The topological polar surface area (TPSA) is 63.6 Å². The van der Waals surface area contributed by atoms with E-state index < -0.39 is 5.60 Å². The van der Waals surface area contributed by atoms with Crippen molar-refractivity contribution in [1.82, 2.24) is 14.8 Å². The van der Waals surface area contributed by atoms with Crippen molar-refractivity contribution in [3.63, 3.8) is 0 Å². The van der Waals surface area contributed by atoms with Gasteiger partial charge in [0, 0.05) is 49.2 Å². The summed E-state index contributed by atoms with van der Waals surface area (Å²) in [5.41, 5.74) is 3.01. The van der Waals surface area contributed by atoms with E-state index in [0.717, 1.165) is 5.56 Å². The van der Waals surface area contributed by atoms with Crippen molar-refractivity contribution < 1.29 is 14.3 Å². The smallest absolute Gasteiger partial charge is 0.410 e. The maximum absolute atomic E-state index is 12.5. The molecule has 0 saturated carbocycles. The Morgan fingerprint density at radius 3 is 2.50 bits per heavy atom. The minimum atomic E-state index is -0.496. The quantitative estimate of drug-likeness (QED) is 0.875. The first-order valence-electron chi connectivity index (χ1n) is 9.94. The lowest BCUT2D eigenvalue weighted by atomic mass is 9.96. The van der Waals surface area contributed by atoms with Crippen molar-refractivity contribution in [3.8, 4) is 0 Å². The number of aromatic nitrogens is 1. The summed E-state index contributed by atoms with van der Waals surface area (Å²) < 4.78 is 7.57. The SMILES string of the molecule is Cc1cc2cc(CNC(=O)C3CCN(C(=O)OC(C)(C)C)CC3)ccc2n1C. The van der Waals surface area contributed by atoms with Crippen LogP contribution in [0, 0.1) is 12.8 Å². The Labute approximate surface area is 166 Å². The Kier molecular flexibility index (Phi) is 5.68. The molecule has 0 bridgehead atoms. The van der Waals surface area contributed by atoms with Crippen LogP contribution < -0.4 is 5.32 Å². The van der Waals surface area contributed by atoms with Gasteiger partial charge in [0.15, 0.2) is 0 Å². The number of hydrogen-bond acceptors (Lipinski definition) is 3. The predicted octanol–water partition coefficient (Wildman–Crippen LogP) is 3.75. The molecule has 1 aromatic heterocycles. The molecule has 0 spiro atoms. The number of benzene rings is 1. The molecule has 1 aromatic carbocycles. The van der Waals surface area contributed by atoms with Crippen molar-refractivity contribution in [1.29, 1.82) is 0 Å². The fourth-order valence-electron chi connectivity index (χ4n) is 3.63. The molecule has 152 valence electrons. The summed E-state index contributed by atoms with van der Waals surface area (Å²) in [6, 6.07) is 8.46. The Hall–Kier alpha value is -2.50. The van der Waals surface area contributed by atoms with Crippen molar-refractivity contribution in [2.24, 2.45) is 13.0 Å². The van der Waals surface area contributed by atoms with Gasteiger partial charge in [-0.25, -0.2) is 4.79 Å². The molecule has 6 nitrogen and oxygen atoms in total. The maximum Gasteiger partial charge on any atom is 0.410 e. The summed E-state index contributed by atoms with van der Waals surface area (Å²) in [7, 11) is 2.06.